The van der Waals surface area contributed by atoms with Crippen molar-refractivity contribution < 1.29 is 14.4 Å². The number of nitrogens with one attached hydrogen (secondary N) is 1. The van der Waals surface area contributed by atoms with Crippen LogP contribution in [0.2, 0.25) is 0 Å². The summed E-state index contributed by atoms with van der Waals surface area (Å²) < 4.78 is 0. The van der Waals surface area contributed by atoms with Crippen LogP contribution in [0.5, 0.6) is 0 Å². The molecule has 1 aliphatic heterocycles. The first-order valence-corrected chi connectivity index (χ1v) is 9.51. The second kappa shape index (κ2) is 8.55. The van der Waals surface area contributed by atoms with Crippen molar-refractivity contribution in [3.8, 4) is 6.07 Å². The van der Waals surface area contributed by atoms with Crippen LogP contribution in [0.3, 0.4) is 0 Å². The van der Waals surface area contributed by atoms with Crippen molar-refractivity contribution in [2.45, 2.75) is 6.92 Å². The Morgan fingerprint density at radius 3 is 2.61 bits per heavy atom. The maximum atomic E-state index is 12.6. The number of hydrogen-bond acceptors (Lipinski definition) is 5. The number of anilines is 1. The molecule has 6 nitrogen and oxygen atoms in total. The number of benzene rings is 2. The van der Waals surface area contributed by atoms with Crippen LogP contribution in [0.25, 0.3) is 0 Å². The number of thioether (sulfide) groups is 1. The Bertz CT molecular complexity index is 1010. The van der Waals surface area contributed by atoms with Crippen LogP contribution in [0.1, 0.15) is 21.5 Å². The summed E-state index contributed by atoms with van der Waals surface area (Å²) in [7, 11) is 0. The molecule has 1 N–H and O–H groups in total. The number of ketones is 1. The minimum absolute atomic E-state index is 0.182. The number of aryl methyl sites for hydroxylation is 1. The Labute approximate surface area is 166 Å². The number of carbonyl (C=O) groups is 3. The molecule has 0 radical (unpaired) electrons. The molecule has 2 amide bonds. The highest BCUT2D eigenvalue weighted by atomic mass is 32.2. The van der Waals surface area contributed by atoms with Crippen molar-refractivity contribution in [2.75, 3.05) is 17.6 Å². The molecule has 140 valence electrons. The van der Waals surface area contributed by atoms with E-state index in [0.717, 1.165) is 5.56 Å². The highest BCUT2D eigenvalue weighted by Gasteiger charge is 2.29. The average Bonchev–Trinajstić information content (AvgIpc) is 3.02. The molecule has 0 atom stereocenters. The van der Waals surface area contributed by atoms with Crippen molar-refractivity contribution in [3.63, 3.8) is 0 Å². The molecule has 3 rings (SSSR count). The molecule has 0 aromatic heterocycles. The van der Waals surface area contributed by atoms with Gasteiger partial charge < -0.3 is 5.32 Å². The lowest BCUT2D eigenvalue weighted by Gasteiger charge is -2.16. The molecule has 7 heteroatoms. The van der Waals surface area contributed by atoms with Crippen LogP contribution in [0.4, 0.5) is 5.69 Å². The molecule has 0 bridgehead atoms. The van der Waals surface area contributed by atoms with Crippen molar-refractivity contribution in [1.29, 1.82) is 5.26 Å². The third kappa shape index (κ3) is 4.48. The molecule has 0 unspecified atom stereocenters. The van der Waals surface area contributed by atoms with Crippen molar-refractivity contribution >= 4 is 35.0 Å². The molecule has 0 saturated carbocycles. The van der Waals surface area contributed by atoms with Gasteiger partial charge in [0.15, 0.2) is 5.78 Å². The van der Waals surface area contributed by atoms with Gasteiger partial charge in [-0.25, -0.2) is 0 Å². The van der Waals surface area contributed by atoms with E-state index in [1.54, 1.807) is 36.4 Å². The first-order chi connectivity index (χ1) is 13.5. The number of carbonyl (C=O) groups excluding carboxylic acids is 3. The van der Waals surface area contributed by atoms with Crippen LogP contribution in [0, 0.1) is 18.3 Å². The molecular weight excluding hydrogens is 374 g/mol. The summed E-state index contributed by atoms with van der Waals surface area (Å²) in [6.07, 6.45) is 1.41. The zero-order valence-electron chi connectivity index (χ0n) is 15.1. The quantitative estimate of drug-likeness (QED) is 0.625. The van der Waals surface area contributed by atoms with E-state index < -0.39 is 0 Å². The Morgan fingerprint density at radius 1 is 1.21 bits per heavy atom. The molecule has 28 heavy (non-hydrogen) atoms. The predicted octanol–water partition coefficient (Wildman–Crippen LogP) is 3.10. The normalized spacial score (nSPS) is 14.8. The number of amides is 2. The SMILES string of the molecule is Cc1ccccc1C(=O)/C=C1\SCC(=O)N1CC(=O)Nc1ccc(C#N)cc1. The van der Waals surface area contributed by atoms with Gasteiger partial charge in [0.05, 0.1) is 22.4 Å². The molecule has 1 saturated heterocycles. The second-order valence-electron chi connectivity index (χ2n) is 6.17. The fourth-order valence-electron chi connectivity index (χ4n) is 2.71. The van der Waals surface area contributed by atoms with Gasteiger partial charge in [-0.15, -0.1) is 0 Å². The van der Waals surface area contributed by atoms with Gasteiger partial charge in [-0.05, 0) is 36.8 Å². The maximum absolute atomic E-state index is 12.6. The number of rotatable bonds is 5. The van der Waals surface area contributed by atoms with Gasteiger partial charge >= 0.3 is 0 Å². The highest BCUT2D eigenvalue weighted by molar-refractivity contribution is 8.04. The number of nitriles is 1. The Balaban J connectivity index is 1.71. The maximum Gasteiger partial charge on any atom is 0.244 e. The van der Waals surface area contributed by atoms with E-state index in [1.165, 1.54) is 22.7 Å². The van der Waals surface area contributed by atoms with E-state index >= 15 is 0 Å². The first-order valence-electron chi connectivity index (χ1n) is 8.53. The Morgan fingerprint density at radius 2 is 1.93 bits per heavy atom. The van der Waals surface area contributed by atoms with Gasteiger partial charge in [0.1, 0.15) is 6.54 Å². The summed E-state index contributed by atoms with van der Waals surface area (Å²) in [5, 5.41) is 12.0. The molecule has 1 aliphatic rings. The van der Waals surface area contributed by atoms with Crippen molar-refractivity contribution in [3.05, 3.63) is 76.3 Å². The molecule has 0 spiro atoms. The molecule has 2 aromatic rings. The number of hydrogen-bond donors (Lipinski definition) is 1. The lowest BCUT2D eigenvalue weighted by Crippen LogP contribution is -2.34. The lowest BCUT2D eigenvalue weighted by molar-refractivity contribution is -0.129. The van der Waals surface area contributed by atoms with Crippen LogP contribution in [-0.4, -0.2) is 34.8 Å². The largest absolute Gasteiger partial charge is 0.325 e. The zero-order chi connectivity index (χ0) is 20.1. The minimum atomic E-state index is -0.380. The molecule has 2 aromatic carbocycles. The first kappa shape index (κ1) is 19.4. The van der Waals surface area contributed by atoms with E-state index in [2.05, 4.69) is 5.32 Å². The van der Waals surface area contributed by atoms with E-state index in [9.17, 15) is 14.4 Å². The van der Waals surface area contributed by atoms with Gasteiger partial charge in [-0.2, -0.15) is 5.26 Å². The molecular formula is C21H17N3O3S. The zero-order valence-corrected chi connectivity index (χ0v) is 16.0. The summed E-state index contributed by atoms with van der Waals surface area (Å²) in [6.45, 7) is 1.67. The fraction of sp³-hybridized carbons (Fsp3) is 0.143. The van der Waals surface area contributed by atoms with Crippen LogP contribution in [-0.2, 0) is 9.59 Å². The van der Waals surface area contributed by atoms with Crippen LogP contribution >= 0.6 is 11.8 Å². The molecule has 1 heterocycles. The van der Waals surface area contributed by atoms with Gasteiger partial charge in [-0.3, -0.25) is 19.3 Å². The van der Waals surface area contributed by atoms with Crippen molar-refractivity contribution in [1.82, 2.24) is 4.90 Å². The third-order valence-electron chi connectivity index (χ3n) is 4.18. The van der Waals surface area contributed by atoms with E-state index in [-0.39, 0.29) is 29.9 Å². The molecule has 1 fully saturated rings. The van der Waals surface area contributed by atoms with Gasteiger partial charge in [0.2, 0.25) is 11.8 Å². The standard InChI is InChI=1S/C21H17N3O3S/c1-14-4-2-3-5-17(14)18(25)10-21-24(20(27)13-28-21)12-19(26)23-16-8-6-15(11-22)7-9-16/h2-10H,12-13H2,1H3,(H,23,26)/b21-10-. The third-order valence-corrected chi connectivity index (χ3v) is 5.20. The van der Waals surface area contributed by atoms with E-state index in [1.807, 2.05) is 25.1 Å². The van der Waals surface area contributed by atoms with Crippen LogP contribution < -0.4 is 5.32 Å². The van der Waals surface area contributed by atoms with Crippen LogP contribution in [0.15, 0.2) is 59.6 Å². The lowest BCUT2D eigenvalue weighted by atomic mass is 10.1. The number of allylic oxidation sites excluding steroid dienone is 1. The topological polar surface area (TPSA) is 90.3 Å². The summed E-state index contributed by atoms with van der Waals surface area (Å²) in [5.41, 5.74) is 2.44. The second-order valence-corrected chi connectivity index (χ2v) is 7.16. The summed E-state index contributed by atoms with van der Waals surface area (Å²) in [4.78, 5) is 38.4. The average molecular weight is 391 g/mol. The fourth-order valence-corrected chi connectivity index (χ4v) is 3.65. The van der Waals surface area contributed by atoms with E-state index in [0.29, 0.717) is 21.8 Å². The van der Waals surface area contributed by atoms with E-state index in [4.69, 9.17) is 5.26 Å². The highest BCUT2D eigenvalue weighted by Crippen LogP contribution is 2.29. The smallest absolute Gasteiger partial charge is 0.244 e. The summed E-state index contributed by atoms with van der Waals surface area (Å²) in [5.74, 6) is -0.608. The van der Waals surface area contributed by atoms with Crippen molar-refractivity contribution in [2.24, 2.45) is 0 Å². The number of nitrogens with zero attached hydrogens (tertiary/aromatic N) is 2. The Kier molecular flexibility index (Phi) is 5.92. The Hall–Kier alpha value is -3.37. The molecule has 0 aliphatic carbocycles. The van der Waals surface area contributed by atoms with Gasteiger partial charge in [0, 0.05) is 17.3 Å². The van der Waals surface area contributed by atoms with Gasteiger partial charge in [0.25, 0.3) is 0 Å². The minimum Gasteiger partial charge on any atom is -0.325 e. The van der Waals surface area contributed by atoms with Gasteiger partial charge in [-0.1, -0.05) is 36.0 Å². The summed E-state index contributed by atoms with van der Waals surface area (Å²) >= 11 is 1.24. The monoisotopic (exact) mass is 391 g/mol. The summed E-state index contributed by atoms with van der Waals surface area (Å²) in [6, 6.07) is 15.7. The predicted molar refractivity (Wildman–Crippen MR) is 108 cm³/mol.